The largest absolute Gasteiger partial charge is 0.490 e. The Morgan fingerprint density at radius 1 is 1.12 bits per heavy atom. The molecule has 2 atom stereocenters. The number of rotatable bonds is 3. The lowest BCUT2D eigenvalue weighted by atomic mass is 9.82. The molecule has 2 heteroatoms. The van der Waals surface area contributed by atoms with Crippen LogP contribution in [-0.2, 0) is 5.33 Å². The second-order valence-corrected chi connectivity index (χ2v) is 5.96. The third kappa shape index (κ3) is 3.48. The van der Waals surface area contributed by atoms with Crippen molar-refractivity contribution in [2.45, 2.75) is 44.5 Å². The molecular weight excluding hydrogens is 276 g/mol. The lowest BCUT2D eigenvalue weighted by molar-refractivity contribution is 0.100. The molecule has 0 radical (unpaired) electrons. The predicted octanol–water partition coefficient (Wildman–Crippen LogP) is 4.79. The van der Waals surface area contributed by atoms with Gasteiger partial charge in [-0.3, -0.25) is 0 Å². The van der Waals surface area contributed by atoms with Crippen LogP contribution in [-0.4, -0.2) is 6.10 Å². The van der Waals surface area contributed by atoms with Crippen LogP contribution < -0.4 is 4.74 Å². The Morgan fingerprint density at radius 2 is 1.76 bits per heavy atom. The van der Waals surface area contributed by atoms with E-state index >= 15 is 0 Å². The summed E-state index contributed by atoms with van der Waals surface area (Å²) in [5.74, 6) is 2.63. The van der Waals surface area contributed by atoms with Crippen molar-refractivity contribution in [1.82, 2.24) is 0 Å². The minimum absolute atomic E-state index is 0.397. The molecule has 2 rings (SSSR count). The number of hydrogen-bond acceptors (Lipinski definition) is 1. The van der Waals surface area contributed by atoms with Crippen LogP contribution in [0.1, 0.15) is 38.7 Å². The van der Waals surface area contributed by atoms with Gasteiger partial charge >= 0.3 is 0 Å². The van der Waals surface area contributed by atoms with Crippen molar-refractivity contribution < 1.29 is 4.74 Å². The lowest BCUT2D eigenvalue weighted by Crippen LogP contribution is -2.28. The number of alkyl halides is 1. The quantitative estimate of drug-likeness (QED) is 0.729. The number of para-hydroxylation sites is 1. The molecule has 0 aromatic heterocycles. The molecule has 0 amide bonds. The monoisotopic (exact) mass is 296 g/mol. The molecule has 1 fully saturated rings. The van der Waals surface area contributed by atoms with E-state index in [1.54, 1.807) is 0 Å². The fourth-order valence-corrected chi connectivity index (χ4v) is 3.34. The van der Waals surface area contributed by atoms with Crippen LogP contribution in [0, 0.1) is 11.8 Å². The van der Waals surface area contributed by atoms with Gasteiger partial charge in [0.2, 0.25) is 0 Å². The molecule has 0 heterocycles. The number of hydrogen-bond donors (Lipinski definition) is 0. The first-order valence-corrected chi connectivity index (χ1v) is 7.61. The first kappa shape index (κ1) is 12.9. The fraction of sp³-hybridized carbons (Fsp3) is 0.600. The number of benzene rings is 1. The highest BCUT2D eigenvalue weighted by Gasteiger charge is 2.25. The predicted molar refractivity (Wildman–Crippen MR) is 75.7 cm³/mol. The van der Waals surface area contributed by atoms with Crippen LogP contribution >= 0.6 is 15.9 Å². The van der Waals surface area contributed by atoms with Crippen molar-refractivity contribution in [3.63, 3.8) is 0 Å². The number of halogens is 1. The molecule has 0 bridgehead atoms. The zero-order chi connectivity index (χ0) is 12.3. The van der Waals surface area contributed by atoms with Gasteiger partial charge in [0.25, 0.3) is 0 Å². The second kappa shape index (κ2) is 5.90. The van der Waals surface area contributed by atoms with E-state index in [2.05, 4.69) is 54.0 Å². The third-order valence-electron chi connectivity index (χ3n) is 3.55. The van der Waals surface area contributed by atoms with E-state index in [1.165, 1.54) is 24.8 Å². The van der Waals surface area contributed by atoms with Crippen molar-refractivity contribution >= 4 is 15.9 Å². The van der Waals surface area contributed by atoms with Crippen LogP contribution in [0.5, 0.6) is 5.75 Å². The van der Waals surface area contributed by atoms with Gasteiger partial charge in [0.1, 0.15) is 5.75 Å². The smallest absolute Gasteiger partial charge is 0.123 e. The summed E-state index contributed by atoms with van der Waals surface area (Å²) in [6, 6.07) is 8.33. The highest BCUT2D eigenvalue weighted by Crippen LogP contribution is 2.32. The van der Waals surface area contributed by atoms with Crippen molar-refractivity contribution in [2.75, 3.05) is 0 Å². The molecule has 0 spiro atoms. The summed E-state index contributed by atoms with van der Waals surface area (Å²) in [6.07, 6.45) is 4.14. The summed E-state index contributed by atoms with van der Waals surface area (Å²) in [4.78, 5) is 0. The van der Waals surface area contributed by atoms with E-state index in [0.29, 0.717) is 6.10 Å². The summed E-state index contributed by atoms with van der Waals surface area (Å²) in [6.45, 7) is 4.67. The Hall–Kier alpha value is -0.500. The van der Waals surface area contributed by atoms with Crippen LogP contribution in [0.2, 0.25) is 0 Å². The Labute approximate surface area is 113 Å². The summed E-state index contributed by atoms with van der Waals surface area (Å²) >= 11 is 3.52. The maximum absolute atomic E-state index is 6.19. The van der Waals surface area contributed by atoms with E-state index in [-0.39, 0.29) is 0 Å². The molecule has 1 aromatic rings. The van der Waals surface area contributed by atoms with Gasteiger partial charge in [-0.1, -0.05) is 48.0 Å². The Bertz CT molecular complexity index is 354. The Morgan fingerprint density at radius 3 is 2.41 bits per heavy atom. The van der Waals surface area contributed by atoms with Crippen LogP contribution in [0.4, 0.5) is 0 Å². The van der Waals surface area contributed by atoms with Gasteiger partial charge in [-0.15, -0.1) is 0 Å². The van der Waals surface area contributed by atoms with E-state index in [9.17, 15) is 0 Å². The molecule has 1 aromatic carbocycles. The van der Waals surface area contributed by atoms with E-state index < -0.39 is 0 Å². The molecule has 1 saturated carbocycles. The molecular formula is C15H21BrO. The van der Waals surface area contributed by atoms with Gasteiger partial charge in [-0.2, -0.15) is 0 Å². The van der Waals surface area contributed by atoms with E-state index in [0.717, 1.165) is 22.9 Å². The Kier molecular flexibility index (Phi) is 4.49. The molecule has 1 aliphatic carbocycles. The maximum Gasteiger partial charge on any atom is 0.123 e. The first-order valence-electron chi connectivity index (χ1n) is 6.49. The molecule has 94 valence electrons. The summed E-state index contributed by atoms with van der Waals surface area (Å²) in [5.41, 5.74) is 1.25. The summed E-state index contributed by atoms with van der Waals surface area (Å²) < 4.78 is 6.19. The molecule has 0 N–H and O–H groups in total. The van der Waals surface area contributed by atoms with Crippen molar-refractivity contribution in [1.29, 1.82) is 0 Å². The number of ether oxygens (including phenoxy) is 1. The van der Waals surface area contributed by atoms with Crippen LogP contribution in [0.25, 0.3) is 0 Å². The van der Waals surface area contributed by atoms with Gasteiger partial charge in [-0.05, 0) is 37.2 Å². The lowest BCUT2D eigenvalue weighted by Gasteiger charge is -2.32. The van der Waals surface area contributed by atoms with Gasteiger partial charge in [0.05, 0.1) is 6.10 Å². The fourth-order valence-electron chi connectivity index (χ4n) is 2.88. The van der Waals surface area contributed by atoms with Crippen molar-refractivity contribution in [2.24, 2.45) is 11.8 Å². The summed E-state index contributed by atoms with van der Waals surface area (Å²) in [5, 5.41) is 0.862. The van der Waals surface area contributed by atoms with Gasteiger partial charge < -0.3 is 4.74 Å². The first-order chi connectivity index (χ1) is 8.19. The van der Waals surface area contributed by atoms with Gasteiger partial charge in [-0.25, -0.2) is 0 Å². The molecule has 17 heavy (non-hydrogen) atoms. The minimum Gasteiger partial charge on any atom is -0.490 e. The van der Waals surface area contributed by atoms with Crippen molar-refractivity contribution in [3.8, 4) is 5.75 Å². The van der Waals surface area contributed by atoms with Crippen LogP contribution in [0.3, 0.4) is 0 Å². The molecule has 1 aliphatic rings. The standard InChI is InChI=1S/C15H21BrO/c1-11-7-12(2)9-14(8-11)17-15-6-4-3-5-13(15)10-16/h3-6,11-12,14H,7-10H2,1-2H3. The van der Waals surface area contributed by atoms with E-state index in [4.69, 9.17) is 4.74 Å². The zero-order valence-corrected chi connectivity index (χ0v) is 12.2. The zero-order valence-electron chi connectivity index (χ0n) is 10.7. The minimum atomic E-state index is 0.397. The SMILES string of the molecule is CC1CC(C)CC(Oc2ccccc2CBr)C1. The van der Waals surface area contributed by atoms with Gasteiger partial charge in [0.15, 0.2) is 0 Å². The average Bonchev–Trinajstić information content (AvgIpc) is 2.28. The molecule has 0 aliphatic heterocycles. The third-order valence-corrected chi connectivity index (χ3v) is 4.15. The Balaban J connectivity index is 2.04. The second-order valence-electron chi connectivity index (χ2n) is 5.40. The molecule has 2 unspecified atom stereocenters. The summed E-state index contributed by atoms with van der Waals surface area (Å²) in [7, 11) is 0. The molecule has 1 nitrogen and oxygen atoms in total. The van der Waals surface area contributed by atoms with Crippen molar-refractivity contribution in [3.05, 3.63) is 29.8 Å². The highest BCUT2D eigenvalue weighted by atomic mass is 79.9. The maximum atomic E-state index is 6.19. The topological polar surface area (TPSA) is 9.23 Å². The molecule has 0 saturated heterocycles. The average molecular weight is 297 g/mol. The van der Waals surface area contributed by atoms with Gasteiger partial charge in [0, 0.05) is 10.9 Å². The van der Waals surface area contributed by atoms with E-state index in [1.807, 2.05) is 0 Å². The normalized spacial score (nSPS) is 29.0. The highest BCUT2D eigenvalue weighted by molar-refractivity contribution is 9.08. The van der Waals surface area contributed by atoms with Crippen LogP contribution in [0.15, 0.2) is 24.3 Å².